The number of aliphatic hydroxyl groups is 1. The van der Waals surface area contributed by atoms with Crippen molar-refractivity contribution in [3.63, 3.8) is 0 Å². The standard InChI is InChI=1S/C13H15N5O/c1-9-3-4-10(2)12(7-9)18-16-11(8-14)13(17-18)15-5-6-19/h3-4,7,19H,5-6H2,1-2H3,(H,15,17). The molecule has 1 aromatic heterocycles. The van der Waals surface area contributed by atoms with Crippen LogP contribution in [-0.2, 0) is 0 Å². The average molecular weight is 257 g/mol. The summed E-state index contributed by atoms with van der Waals surface area (Å²) in [5.41, 5.74) is 3.18. The van der Waals surface area contributed by atoms with E-state index in [-0.39, 0.29) is 12.3 Å². The molecule has 2 aromatic rings. The fraction of sp³-hybridized carbons (Fsp3) is 0.308. The van der Waals surface area contributed by atoms with Crippen molar-refractivity contribution in [2.45, 2.75) is 13.8 Å². The van der Waals surface area contributed by atoms with Crippen molar-refractivity contribution in [1.29, 1.82) is 5.26 Å². The van der Waals surface area contributed by atoms with Crippen molar-refractivity contribution in [2.24, 2.45) is 0 Å². The van der Waals surface area contributed by atoms with Crippen LogP contribution in [0.4, 0.5) is 5.82 Å². The van der Waals surface area contributed by atoms with Gasteiger partial charge in [0.25, 0.3) is 0 Å². The zero-order valence-electron chi connectivity index (χ0n) is 10.9. The maximum Gasteiger partial charge on any atom is 0.207 e. The van der Waals surface area contributed by atoms with E-state index in [0.717, 1.165) is 16.8 Å². The first-order valence-corrected chi connectivity index (χ1v) is 5.95. The highest BCUT2D eigenvalue weighted by Crippen LogP contribution is 2.17. The summed E-state index contributed by atoms with van der Waals surface area (Å²) in [7, 11) is 0. The number of rotatable bonds is 4. The molecule has 0 unspecified atom stereocenters. The van der Waals surface area contributed by atoms with Gasteiger partial charge in [0, 0.05) is 6.54 Å². The minimum absolute atomic E-state index is 0.0266. The molecule has 0 saturated heterocycles. The highest BCUT2D eigenvalue weighted by atomic mass is 16.3. The number of hydrogen-bond donors (Lipinski definition) is 2. The Bertz CT molecular complexity index is 626. The van der Waals surface area contributed by atoms with Crippen LogP contribution in [0, 0.1) is 25.2 Å². The van der Waals surface area contributed by atoms with Crippen LogP contribution >= 0.6 is 0 Å². The predicted octanol–water partition coefficient (Wildman–Crippen LogP) is 1.16. The van der Waals surface area contributed by atoms with Crippen molar-refractivity contribution in [3.05, 3.63) is 35.0 Å². The van der Waals surface area contributed by atoms with Crippen molar-refractivity contribution >= 4 is 5.82 Å². The smallest absolute Gasteiger partial charge is 0.207 e. The van der Waals surface area contributed by atoms with E-state index in [1.54, 1.807) is 0 Å². The van der Waals surface area contributed by atoms with Crippen LogP contribution < -0.4 is 5.32 Å². The number of aromatic nitrogens is 3. The van der Waals surface area contributed by atoms with E-state index in [2.05, 4.69) is 15.5 Å². The van der Waals surface area contributed by atoms with Crippen LogP contribution in [0.3, 0.4) is 0 Å². The molecule has 0 aliphatic carbocycles. The Morgan fingerprint density at radius 1 is 1.37 bits per heavy atom. The number of nitrogens with zero attached hydrogens (tertiary/aromatic N) is 4. The van der Waals surface area contributed by atoms with Crippen molar-refractivity contribution in [2.75, 3.05) is 18.5 Å². The zero-order valence-corrected chi connectivity index (χ0v) is 10.9. The summed E-state index contributed by atoms with van der Waals surface area (Å²) in [6, 6.07) is 7.95. The molecular formula is C13H15N5O. The number of nitriles is 1. The lowest BCUT2D eigenvalue weighted by Gasteiger charge is -2.05. The second-order valence-electron chi connectivity index (χ2n) is 4.24. The molecule has 19 heavy (non-hydrogen) atoms. The van der Waals surface area contributed by atoms with Gasteiger partial charge < -0.3 is 10.4 Å². The maximum absolute atomic E-state index is 9.03. The average Bonchev–Trinajstić information content (AvgIpc) is 2.82. The van der Waals surface area contributed by atoms with Gasteiger partial charge in [-0.05, 0) is 31.0 Å². The van der Waals surface area contributed by atoms with Gasteiger partial charge in [-0.2, -0.15) is 5.26 Å². The van der Waals surface area contributed by atoms with E-state index in [0.29, 0.717) is 12.4 Å². The molecule has 0 aliphatic rings. The molecule has 0 bridgehead atoms. The Labute approximate surface area is 111 Å². The number of nitrogens with one attached hydrogen (secondary N) is 1. The molecule has 0 radical (unpaired) electrons. The molecule has 6 nitrogen and oxygen atoms in total. The number of aryl methyl sites for hydroxylation is 2. The van der Waals surface area contributed by atoms with E-state index in [9.17, 15) is 0 Å². The third kappa shape index (κ3) is 2.72. The van der Waals surface area contributed by atoms with E-state index in [1.165, 1.54) is 4.80 Å². The summed E-state index contributed by atoms with van der Waals surface area (Å²) < 4.78 is 0. The number of benzene rings is 1. The Morgan fingerprint density at radius 2 is 2.16 bits per heavy atom. The molecule has 6 heteroatoms. The number of aliphatic hydroxyl groups excluding tert-OH is 1. The third-order valence-electron chi connectivity index (χ3n) is 2.70. The summed E-state index contributed by atoms with van der Waals surface area (Å²) in [6.07, 6.45) is 0. The normalized spacial score (nSPS) is 10.2. The van der Waals surface area contributed by atoms with E-state index in [1.807, 2.05) is 38.1 Å². The minimum atomic E-state index is -0.0266. The van der Waals surface area contributed by atoms with Crippen LogP contribution in [0.5, 0.6) is 0 Å². The molecule has 0 atom stereocenters. The van der Waals surface area contributed by atoms with E-state index in [4.69, 9.17) is 10.4 Å². The molecule has 2 rings (SSSR count). The molecule has 2 N–H and O–H groups in total. The van der Waals surface area contributed by atoms with Gasteiger partial charge in [-0.3, -0.25) is 0 Å². The maximum atomic E-state index is 9.03. The lowest BCUT2D eigenvalue weighted by molar-refractivity contribution is 0.311. The first-order chi connectivity index (χ1) is 9.15. The van der Waals surface area contributed by atoms with E-state index >= 15 is 0 Å². The highest BCUT2D eigenvalue weighted by Gasteiger charge is 2.12. The second kappa shape index (κ2) is 5.50. The molecule has 0 aliphatic heterocycles. The largest absolute Gasteiger partial charge is 0.395 e. The predicted molar refractivity (Wildman–Crippen MR) is 71.1 cm³/mol. The van der Waals surface area contributed by atoms with Crippen molar-refractivity contribution in [3.8, 4) is 11.8 Å². The topological polar surface area (TPSA) is 86.8 Å². The van der Waals surface area contributed by atoms with Gasteiger partial charge in [-0.15, -0.1) is 15.0 Å². The molecule has 1 heterocycles. The van der Waals surface area contributed by atoms with Gasteiger partial charge in [0.15, 0.2) is 5.82 Å². The Hall–Kier alpha value is -2.39. The fourth-order valence-electron chi connectivity index (χ4n) is 1.72. The van der Waals surface area contributed by atoms with Crippen LogP contribution in [0.15, 0.2) is 18.2 Å². The van der Waals surface area contributed by atoms with Crippen LogP contribution in [0.2, 0.25) is 0 Å². The fourth-order valence-corrected chi connectivity index (χ4v) is 1.72. The van der Waals surface area contributed by atoms with E-state index < -0.39 is 0 Å². The zero-order chi connectivity index (χ0) is 13.8. The lowest BCUT2D eigenvalue weighted by atomic mass is 10.1. The minimum Gasteiger partial charge on any atom is -0.395 e. The lowest BCUT2D eigenvalue weighted by Crippen LogP contribution is -2.07. The molecule has 98 valence electrons. The summed E-state index contributed by atoms with van der Waals surface area (Å²) in [5.74, 6) is 0.387. The Morgan fingerprint density at radius 3 is 2.84 bits per heavy atom. The molecule has 0 amide bonds. The molecule has 1 aromatic carbocycles. The van der Waals surface area contributed by atoms with Crippen LogP contribution in [0.25, 0.3) is 5.69 Å². The van der Waals surface area contributed by atoms with Crippen molar-refractivity contribution < 1.29 is 5.11 Å². The number of hydrogen-bond acceptors (Lipinski definition) is 5. The van der Waals surface area contributed by atoms with Gasteiger partial charge in [0.05, 0.1) is 12.3 Å². The third-order valence-corrected chi connectivity index (χ3v) is 2.70. The molecular weight excluding hydrogens is 242 g/mol. The quantitative estimate of drug-likeness (QED) is 0.858. The first kappa shape index (κ1) is 13.1. The summed E-state index contributed by atoms with van der Waals surface area (Å²) in [6.45, 7) is 4.26. The highest BCUT2D eigenvalue weighted by molar-refractivity contribution is 5.49. The summed E-state index contributed by atoms with van der Waals surface area (Å²) in [5, 5.41) is 29.1. The monoisotopic (exact) mass is 257 g/mol. The van der Waals surface area contributed by atoms with Crippen molar-refractivity contribution in [1.82, 2.24) is 15.0 Å². The molecule has 0 spiro atoms. The van der Waals surface area contributed by atoms with Crippen LogP contribution in [0.1, 0.15) is 16.8 Å². The van der Waals surface area contributed by atoms with Gasteiger partial charge >= 0.3 is 0 Å². The molecule has 0 saturated carbocycles. The van der Waals surface area contributed by atoms with Gasteiger partial charge in [-0.25, -0.2) is 0 Å². The summed E-state index contributed by atoms with van der Waals surface area (Å²) >= 11 is 0. The first-order valence-electron chi connectivity index (χ1n) is 5.95. The number of anilines is 1. The Kier molecular flexibility index (Phi) is 3.78. The second-order valence-corrected chi connectivity index (χ2v) is 4.24. The Balaban J connectivity index is 2.43. The van der Waals surface area contributed by atoms with Gasteiger partial charge in [-0.1, -0.05) is 12.1 Å². The summed E-state index contributed by atoms with van der Waals surface area (Å²) in [4.78, 5) is 1.45. The van der Waals surface area contributed by atoms with Gasteiger partial charge in [0.2, 0.25) is 5.69 Å². The molecule has 0 fully saturated rings. The van der Waals surface area contributed by atoms with Gasteiger partial charge in [0.1, 0.15) is 6.07 Å². The SMILES string of the molecule is Cc1ccc(C)c(-n2nc(C#N)c(NCCO)n2)c1. The van der Waals surface area contributed by atoms with Crippen LogP contribution in [-0.4, -0.2) is 33.3 Å².